The Balaban J connectivity index is 1.26. The summed E-state index contributed by atoms with van der Waals surface area (Å²) >= 11 is 0. The highest BCUT2D eigenvalue weighted by Gasteiger charge is 2.47. The quantitative estimate of drug-likeness (QED) is 0.159. The van der Waals surface area contributed by atoms with E-state index in [0.717, 1.165) is 0 Å². The van der Waals surface area contributed by atoms with Crippen LogP contribution in [0, 0.1) is 6.92 Å². The second-order valence-electron chi connectivity index (χ2n) is 15.6. The van der Waals surface area contributed by atoms with E-state index >= 15 is 0 Å². The van der Waals surface area contributed by atoms with E-state index in [1.165, 1.54) is 116 Å². The topological polar surface area (TPSA) is 3.24 Å². The Hall–Kier alpha value is -6.18. The number of hydrogen-bond donors (Lipinski definition) is 0. The van der Waals surface area contributed by atoms with Crippen molar-refractivity contribution in [3.05, 3.63) is 221 Å². The molecule has 8 aromatic carbocycles. The van der Waals surface area contributed by atoms with Crippen molar-refractivity contribution in [2.45, 2.75) is 50.4 Å². The summed E-state index contributed by atoms with van der Waals surface area (Å²) in [6.45, 7) is 2.27. The van der Waals surface area contributed by atoms with Gasteiger partial charge < -0.3 is 4.90 Å². The molecule has 0 spiro atoms. The number of benzene rings is 8. The first kappa shape index (κ1) is 33.4. The molecule has 1 nitrogen and oxygen atoms in total. The third-order valence-corrected chi connectivity index (χ3v) is 12.4. The lowest BCUT2D eigenvalue weighted by molar-refractivity contribution is 0.444. The molecule has 0 aromatic heterocycles. The Morgan fingerprint density at radius 1 is 0.473 bits per heavy atom. The van der Waals surface area contributed by atoms with Gasteiger partial charge in [0, 0.05) is 11.4 Å². The molecule has 2 aliphatic rings. The Bertz CT molecular complexity index is 2580. The summed E-state index contributed by atoms with van der Waals surface area (Å²) in [4.78, 5) is 2.57. The highest BCUT2D eigenvalue weighted by Crippen LogP contribution is 2.58. The average molecular weight is 708 g/mol. The van der Waals surface area contributed by atoms with Crippen LogP contribution < -0.4 is 4.90 Å². The van der Waals surface area contributed by atoms with Crippen LogP contribution in [0.4, 0.5) is 17.1 Å². The van der Waals surface area contributed by atoms with Crippen molar-refractivity contribution < 1.29 is 0 Å². The molecule has 0 N–H and O–H groups in total. The van der Waals surface area contributed by atoms with Gasteiger partial charge >= 0.3 is 0 Å². The Labute approximate surface area is 325 Å². The molecule has 1 heteroatoms. The zero-order valence-corrected chi connectivity index (χ0v) is 31.5. The van der Waals surface area contributed by atoms with Crippen molar-refractivity contribution in [1.82, 2.24) is 0 Å². The molecular weight excluding hydrogens is 663 g/mol. The number of fused-ring (bicyclic) bond motifs is 4. The fourth-order valence-electron chi connectivity index (χ4n) is 9.89. The maximum Gasteiger partial charge on any atom is 0.0714 e. The summed E-state index contributed by atoms with van der Waals surface area (Å²) in [5, 5.41) is 2.59. The lowest BCUT2D eigenvalue weighted by Crippen LogP contribution is -2.28. The Morgan fingerprint density at radius 3 is 1.73 bits per heavy atom. The second kappa shape index (κ2) is 13.9. The molecule has 10 rings (SSSR count). The highest BCUT2D eigenvalue weighted by atomic mass is 15.1. The molecule has 0 bridgehead atoms. The van der Waals surface area contributed by atoms with E-state index in [1.807, 2.05) is 0 Å². The van der Waals surface area contributed by atoms with Crippen LogP contribution in [-0.2, 0) is 5.41 Å². The Morgan fingerprint density at radius 2 is 1.05 bits per heavy atom. The average Bonchev–Trinajstić information content (AvgIpc) is 3.56. The number of nitrogens with zero attached hydrogens (tertiary/aromatic N) is 1. The van der Waals surface area contributed by atoms with Crippen molar-refractivity contribution in [3.8, 4) is 22.3 Å². The summed E-state index contributed by atoms with van der Waals surface area (Å²) < 4.78 is 0. The SMILES string of the molecule is Cc1cccc2c1-c1ccc(N(c3ccc(-c4ccccc4)cc3)c3cc4ccccc4cc3C3CCCCC3)cc1C2(c1ccccc1)c1ccccc1. The zero-order valence-electron chi connectivity index (χ0n) is 31.5. The van der Waals surface area contributed by atoms with Gasteiger partial charge in [-0.1, -0.05) is 171 Å². The van der Waals surface area contributed by atoms with E-state index in [0.29, 0.717) is 5.92 Å². The van der Waals surface area contributed by atoms with Crippen molar-refractivity contribution in [2.24, 2.45) is 0 Å². The van der Waals surface area contributed by atoms with Gasteiger partial charge in [-0.25, -0.2) is 0 Å². The van der Waals surface area contributed by atoms with Gasteiger partial charge in [0.05, 0.1) is 11.1 Å². The first-order valence-electron chi connectivity index (χ1n) is 20.0. The van der Waals surface area contributed by atoms with E-state index in [4.69, 9.17) is 0 Å². The monoisotopic (exact) mass is 707 g/mol. The van der Waals surface area contributed by atoms with Crippen LogP contribution in [0.2, 0.25) is 0 Å². The van der Waals surface area contributed by atoms with E-state index in [9.17, 15) is 0 Å². The summed E-state index contributed by atoms with van der Waals surface area (Å²) in [6, 6.07) is 70.4. The lowest BCUT2D eigenvalue weighted by atomic mass is 9.67. The van der Waals surface area contributed by atoms with Crippen LogP contribution in [0.5, 0.6) is 0 Å². The minimum Gasteiger partial charge on any atom is -0.310 e. The number of rotatable bonds is 7. The molecule has 2 aliphatic carbocycles. The predicted octanol–water partition coefficient (Wildman–Crippen LogP) is 14.7. The van der Waals surface area contributed by atoms with Crippen LogP contribution in [0.25, 0.3) is 33.0 Å². The fourth-order valence-corrected chi connectivity index (χ4v) is 9.89. The fraction of sp³-hybridized carbons (Fsp3) is 0.148. The largest absolute Gasteiger partial charge is 0.310 e. The molecule has 266 valence electrons. The van der Waals surface area contributed by atoms with Crippen molar-refractivity contribution in [3.63, 3.8) is 0 Å². The maximum atomic E-state index is 2.57. The van der Waals surface area contributed by atoms with Gasteiger partial charge in [0.1, 0.15) is 0 Å². The summed E-state index contributed by atoms with van der Waals surface area (Å²) in [5.41, 5.74) is 16.3. The molecule has 0 unspecified atom stereocenters. The smallest absolute Gasteiger partial charge is 0.0714 e. The molecule has 0 heterocycles. The molecular formula is C54H45N. The molecule has 1 saturated carbocycles. The molecule has 0 radical (unpaired) electrons. The van der Waals surface area contributed by atoms with Crippen molar-refractivity contribution in [2.75, 3.05) is 4.90 Å². The molecule has 1 fully saturated rings. The third kappa shape index (κ3) is 5.61. The van der Waals surface area contributed by atoms with Gasteiger partial charge in [0.15, 0.2) is 0 Å². The molecule has 0 amide bonds. The number of aryl methyl sites for hydroxylation is 1. The van der Waals surface area contributed by atoms with Gasteiger partial charge in [-0.05, 0) is 128 Å². The summed E-state index contributed by atoms with van der Waals surface area (Å²) in [6.07, 6.45) is 6.37. The van der Waals surface area contributed by atoms with E-state index in [2.05, 4.69) is 200 Å². The molecule has 55 heavy (non-hydrogen) atoms. The number of hydrogen-bond acceptors (Lipinski definition) is 1. The van der Waals surface area contributed by atoms with Crippen LogP contribution >= 0.6 is 0 Å². The van der Waals surface area contributed by atoms with Crippen LogP contribution in [-0.4, -0.2) is 0 Å². The van der Waals surface area contributed by atoms with Crippen molar-refractivity contribution >= 4 is 27.8 Å². The summed E-state index contributed by atoms with van der Waals surface area (Å²) in [5.74, 6) is 0.522. The zero-order chi connectivity index (χ0) is 36.8. The van der Waals surface area contributed by atoms with E-state index in [1.54, 1.807) is 0 Å². The van der Waals surface area contributed by atoms with Gasteiger partial charge in [-0.2, -0.15) is 0 Å². The third-order valence-electron chi connectivity index (χ3n) is 12.4. The minimum atomic E-state index is -0.479. The van der Waals surface area contributed by atoms with Crippen LogP contribution in [0.3, 0.4) is 0 Å². The number of anilines is 3. The van der Waals surface area contributed by atoms with Gasteiger partial charge in [0.25, 0.3) is 0 Å². The first-order valence-corrected chi connectivity index (χ1v) is 20.0. The molecule has 8 aromatic rings. The Kier molecular flexibility index (Phi) is 8.44. The minimum absolute atomic E-state index is 0.479. The highest BCUT2D eigenvalue weighted by molar-refractivity contribution is 5.94. The summed E-state index contributed by atoms with van der Waals surface area (Å²) in [7, 11) is 0. The first-order chi connectivity index (χ1) is 27.2. The molecule has 0 aliphatic heterocycles. The van der Waals surface area contributed by atoms with Gasteiger partial charge in [-0.3, -0.25) is 0 Å². The molecule has 0 atom stereocenters. The maximum absolute atomic E-state index is 2.57. The predicted molar refractivity (Wildman–Crippen MR) is 232 cm³/mol. The second-order valence-corrected chi connectivity index (χ2v) is 15.6. The van der Waals surface area contributed by atoms with Crippen molar-refractivity contribution in [1.29, 1.82) is 0 Å². The standard InChI is InChI=1S/C54H45N/c1-38-17-16-28-50-53(38)48-34-33-47(37-51(48)54(50,44-24-10-4-11-25-44)45-26-12-5-13-27-45)55(46-31-29-40(30-32-46)39-18-6-2-7-19-39)52-36-43-23-15-14-22-42(43)35-49(52)41-20-8-3-9-21-41/h2,4-7,10-19,22-37,41H,3,8-9,20-21H2,1H3. The van der Waals surface area contributed by atoms with E-state index < -0.39 is 5.41 Å². The lowest BCUT2D eigenvalue weighted by Gasteiger charge is -2.36. The normalized spacial score (nSPS) is 14.7. The van der Waals surface area contributed by atoms with Gasteiger partial charge in [0.2, 0.25) is 0 Å². The molecule has 0 saturated heterocycles. The van der Waals surface area contributed by atoms with Crippen LogP contribution in [0.15, 0.2) is 188 Å². The van der Waals surface area contributed by atoms with E-state index in [-0.39, 0.29) is 0 Å². The van der Waals surface area contributed by atoms with Gasteiger partial charge in [-0.15, -0.1) is 0 Å². The van der Waals surface area contributed by atoms with Crippen LogP contribution in [0.1, 0.15) is 71.4 Å².